The molecule has 0 aliphatic rings. The molecule has 1 aromatic heterocycles. The van der Waals surface area contributed by atoms with Crippen LogP contribution in [0.5, 0.6) is 11.5 Å². The van der Waals surface area contributed by atoms with Crippen molar-refractivity contribution in [1.29, 1.82) is 0 Å². The Balaban J connectivity index is 1.94. The van der Waals surface area contributed by atoms with Gasteiger partial charge in [0, 0.05) is 30.3 Å². The van der Waals surface area contributed by atoms with E-state index < -0.39 is 27.1 Å². The Kier molecular flexibility index (Phi) is 6.24. The first-order valence-electron chi connectivity index (χ1n) is 10.4. The van der Waals surface area contributed by atoms with Crippen LogP contribution >= 0.6 is 0 Å². The molecule has 36 heavy (non-hydrogen) atoms. The zero-order valence-electron chi connectivity index (χ0n) is 19.0. The van der Waals surface area contributed by atoms with E-state index in [1.165, 1.54) is 56.5 Å². The summed E-state index contributed by atoms with van der Waals surface area (Å²) < 4.78 is 34.3. The van der Waals surface area contributed by atoms with Gasteiger partial charge < -0.3 is 15.2 Å². The first-order chi connectivity index (χ1) is 17.0. The molecule has 4 aromatic rings. The van der Waals surface area contributed by atoms with Gasteiger partial charge in [-0.05, 0) is 48.5 Å². The largest absolute Gasteiger partial charge is 0.508 e. The standard InChI is InChI=1S/C23H20N4O8S/c1-14(28)24-16-3-7-19(8-4-16)36(33,34)26-21-9-6-18(35-2)12-20(21)23(30)25(26)13-15-11-17(27(31)32)5-10-22(15)29/h3-12,29H,13H2,1-2H3,(H,24,28). The summed E-state index contributed by atoms with van der Waals surface area (Å²) in [6.45, 7) is 0.833. The van der Waals surface area contributed by atoms with Gasteiger partial charge in [-0.3, -0.25) is 19.7 Å². The molecule has 0 spiro atoms. The molecule has 0 bridgehead atoms. The number of methoxy groups -OCH3 is 1. The van der Waals surface area contributed by atoms with E-state index >= 15 is 0 Å². The molecule has 0 aliphatic heterocycles. The van der Waals surface area contributed by atoms with E-state index in [0.717, 1.165) is 27.0 Å². The van der Waals surface area contributed by atoms with Gasteiger partial charge in [-0.15, -0.1) is 0 Å². The molecule has 13 heteroatoms. The van der Waals surface area contributed by atoms with Crippen LogP contribution in [-0.2, 0) is 21.4 Å². The number of benzene rings is 3. The van der Waals surface area contributed by atoms with Gasteiger partial charge in [-0.2, -0.15) is 12.5 Å². The number of hydrogen-bond acceptors (Lipinski definition) is 8. The molecule has 0 unspecified atom stereocenters. The maximum atomic E-state index is 13.7. The average molecular weight is 513 g/mol. The molecule has 1 amide bonds. The molecule has 0 radical (unpaired) electrons. The van der Waals surface area contributed by atoms with Crippen LogP contribution < -0.4 is 15.6 Å². The SMILES string of the molecule is COc1ccc2c(c1)c(=O)n(Cc1cc([N+](=O)[O-])ccc1O)n2S(=O)(=O)c1ccc(NC(C)=O)cc1. The molecule has 0 atom stereocenters. The van der Waals surface area contributed by atoms with E-state index in [-0.39, 0.29) is 38.7 Å². The fraction of sp³-hybridized carbons (Fsp3) is 0.130. The number of nitrogens with one attached hydrogen (secondary N) is 1. The van der Waals surface area contributed by atoms with E-state index in [0.29, 0.717) is 11.4 Å². The minimum Gasteiger partial charge on any atom is -0.508 e. The summed E-state index contributed by atoms with van der Waals surface area (Å²) in [5.74, 6) is -0.361. The third-order valence-corrected chi connectivity index (χ3v) is 7.11. The highest BCUT2D eigenvalue weighted by molar-refractivity contribution is 7.90. The van der Waals surface area contributed by atoms with E-state index in [4.69, 9.17) is 4.74 Å². The molecule has 2 N–H and O–H groups in total. The second-order valence-corrected chi connectivity index (χ2v) is 9.54. The summed E-state index contributed by atoms with van der Waals surface area (Å²) in [4.78, 5) is 35.0. The number of carbonyl (C=O) groups excluding carboxylic acids is 1. The van der Waals surface area contributed by atoms with Crippen molar-refractivity contribution in [3.8, 4) is 11.5 Å². The molecular formula is C23H20N4O8S. The Hall–Kier alpha value is -4.65. The lowest BCUT2D eigenvalue weighted by Gasteiger charge is -2.15. The summed E-state index contributed by atoms with van der Waals surface area (Å²) in [6, 6.07) is 12.9. The number of phenolic OH excluding ortho intramolecular Hbond substituents is 1. The van der Waals surface area contributed by atoms with Gasteiger partial charge in [0.2, 0.25) is 5.91 Å². The van der Waals surface area contributed by atoms with E-state index in [1.54, 1.807) is 0 Å². The quantitative estimate of drug-likeness (QED) is 0.282. The van der Waals surface area contributed by atoms with Gasteiger partial charge in [-0.1, -0.05) is 0 Å². The third kappa shape index (κ3) is 4.38. The third-order valence-electron chi connectivity index (χ3n) is 5.39. The maximum Gasteiger partial charge on any atom is 0.282 e. The Morgan fingerprint density at radius 2 is 1.81 bits per heavy atom. The Morgan fingerprint density at radius 1 is 1.11 bits per heavy atom. The zero-order valence-corrected chi connectivity index (χ0v) is 19.9. The van der Waals surface area contributed by atoms with Crippen LogP contribution in [0.4, 0.5) is 11.4 Å². The first kappa shape index (κ1) is 24.5. The lowest BCUT2D eigenvalue weighted by Crippen LogP contribution is -2.28. The highest BCUT2D eigenvalue weighted by Gasteiger charge is 2.27. The topological polar surface area (TPSA) is 163 Å². The lowest BCUT2D eigenvalue weighted by atomic mass is 10.2. The van der Waals surface area contributed by atoms with Crippen molar-refractivity contribution >= 4 is 38.2 Å². The zero-order chi connectivity index (χ0) is 26.2. The van der Waals surface area contributed by atoms with Crippen molar-refractivity contribution in [3.05, 3.63) is 86.7 Å². The highest BCUT2D eigenvalue weighted by Crippen LogP contribution is 2.27. The van der Waals surface area contributed by atoms with Crippen LogP contribution in [0.3, 0.4) is 0 Å². The van der Waals surface area contributed by atoms with Gasteiger partial charge >= 0.3 is 0 Å². The van der Waals surface area contributed by atoms with Crippen LogP contribution in [0.15, 0.2) is 70.4 Å². The van der Waals surface area contributed by atoms with Crippen LogP contribution in [0.2, 0.25) is 0 Å². The van der Waals surface area contributed by atoms with Crippen molar-refractivity contribution < 1.29 is 28.0 Å². The smallest absolute Gasteiger partial charge is 0.282 e. The number of non-ortho nitro benzene ring substituents is 1. The van der Waals surface area contributed by atoms with Crippen LogP contribution in [0, 0.1) is 10.1 Å². The highest BCUT2D eigenvalue weighted by atomic mass is 32.2. The minimum absolute atomic E-state index is 0.0257. The number of nitro benzene ring substituents is 1. The average Bonchev–Trinajstić information content (AvgIpc) is 3.11. The fourth-order valence-corrected chi connectivity index (χ4v) is 5.20. The van der Waals surface area contributed by atoms with Crippen molar-refractivity contribution in [1.82, 2.24) is 8.77 Å². The van der Waals surface area contributed by atoms with E-state index in [2.05, 4.69) is 5.32 Å². The normalized spacial score (nSPS) is 11.4. The Bertz CT molecular complexity index is 1670. The summed E-state index contributed by atoms with van der Waals surface area (Å²) in [5, 5.41) is 24.1. The number of hydrogen-bond donors (Lipinski definition) is 2. The molecule has 0 saturated heterocycles. The van der Waals surface area contributed by atoms with Crippen molar-refractivity contribution in [3.63, 3.8) is 0 Å². The molecule has 186 valence electrons. The number of anilines is 1. The number of aromatic nitrogens is 2. The fourth-order valence-electron chi connectivity index (χ4n) is 3.71. The number of nitro groups is 1. The number of rotatable bonds is 7. The summed E-state index contributed by atoms with van der Waals surface area (Å²) in [7, 11) is -2.99. The number of nitrogens with zero attached hydrogens (tertiary/aromatic N) is 3. The molecule has 0 aliphatic carbocycles. The number of aromatic hydroxyl groups is 1. The Morgan fingerprint density at radius 3 is 2.42 bits per heavy atom. The first-order valence-corrected chi connectivity index (χ1v) is 11.9. The number of phenols is 1. The molecule has 3 aromatic carbocycles. The molecule has 0 saturated carbocycles. The van der Waals surface area contributed by atoms with Crippen LogP contribution in [0.25, 0.3) is 10.9 Å². The molecule has 1 heterocycles. The monoisotopic (exact) mass is 512 g/mol. The minimum atomic E-state index is -4.39. The summed E-state index contributed by atoms with van der Waals surface area (Å²) in [5.41, 5.74) is -0.664. The molecule has 4 rings (SSSR count). The summed E-state index contributed by atoms with van der Waals surface area (Å²) >= 11 is 0. The molecule has 12 nitrogen and oxygen atoms in total. The number of carbonyl (C=O) groups is 1. The number of ether oxygens (including phenoxy) is 1. The number of fused-ring (bicyclic) bond motifs is 1. The van der Waals surface area contributed by atoms with Gasteiger partial charge in [0.15, 0.2) is 0 Å². The maximum absolute atomic E-state index is 13.7. The van der Waals surface area contributed by atoms with Gasteiger partial charge in [-0.25, -0.2) is 4.68 Å². The lowest BCUT2D eigenvalue weighted by molar-refractivity contribution is -0.384. The molecule has 0 fully saturated rings. The van der Waals surface area contributed by atoms with Crippen LogP contribution in [0.1, 0.15) is 12.5 Å². The predicted molar refractivity (Wildman–Crippen MR) is 130 cm³/mol. The second-order valence-electron chi connectivity index (χ2n) is 7.77. The van der Waals surface area contributed by atoms with Gasteiger partial charge in [0.25, 0.3) is 21.3 Å². The predicted octanol–water partition coefficient (Wildman–Crippen LogP) is 2.67. The van der Waals surface area contributed by atoms with E-state index in [9.17, 15) is 33.2 Å². The van der Waals surface area contributed by atoms with Crippen LogP contribution in [-0.4, -0.2) is 40.2 Å². The van der Waals surface area contributed by atoms with Crippen molar-refractivity contribution in [2.75, 3.05) is 12.4 Å². The van der Waals surface area contributed by atoms with Crippen molar-refractivity contribution in [2.24, 2.45) is 0 Å². The Labute approximate surface area is 204 Å². The number of amides is 1. The van der Waals surface area contributed by atoms with Gasteiger partial charge in [0.05, 0.1) is 34.4 Å². The van der Waals surface area contributed by atoms with Gasteiger partial charge in [0.1, 0.15) is 11.5 Å². The second kappa shape index (κ2) is 9.19. The summed E-state index contributed by atoms with van der Waals surface area (Å²) in [6.07, 6.45) is 0. The molecular weight excluding hydrogens is 492 g/mol. The van der Waals surface area contributed by atoms with E-state index in [1.807, 2.05) is 0 Å². The van der Waals surface area contributed by atoms with Crippen molar-refractivity contribution in [2.45, 2.75) is 18.4 Å².